The molecule has 35 heavy (non-hydrogen) atoms. The Balaban J connectivity index is 1.22. The van der Waals surface area contributed by atoms with Gasteiger partial charge in [0, 0.05) is 24.8 Å². The number of hydrogen-bond donors (Lipinski definition) is 1. The Kier molecular flexibility index (Phi) is 6.14. The van der Waals surface area contributed by atoms with Crippen LogP contribution in [0.5, 0.6) is 11.5 Å². The highest BCUT2D eigenvalue weighted by atomic mass is 32.2. The lowest BCUT2D eigenvalue weighted by atomic mass is 10.0. The minimum Gasteiger partial charge on any atom is -0.454 e. The van der Waals surface area contributed by atoms with Crippen LogP contribution in [-0.4, -0.2) is 44.5 Å². The maximum Gasteiger partial charge on any atom is 0.338 e. The van der Waals surface area contributed by atoms with Crippen LogP contribution in [0.3, 0.4) is 0 Å². The average molecular weight is 495 g/mol. The quantitative estimate of drug-likeness (QED) is 0.525. The third kappa shape index (κ3) is 4.84. The van der Waals surface area contributed by atoms with Crippen molar-refractivity contribution in [2.45, 2.75) is 17.9 Å². The maximum atomic E-state index is 13.2. The Labute approximate surface area is 202 Å². The van der Waals surface area contributed by atoms with Crippen molar-refractivity contribution >= 4 is 27.6 Å². The van der Waals surface area contributed by atoms with Gasteiger partial charge in [0.2, 0.25) is 16.8 Å². The second-order valence-electron chi connectivity index (χ2n) is 8.08. The van der Waals surface area contributed by atoms with Gasteiger partial charge in [0.1, 0.15) is 0 Å². The van der Waals surface area contributed by atoms with Crippen molar-refractivity contribution in [2.24, 2.45) is 0 Å². The molecule has 2 heterocycles. The number of carbonyl (C=O) groups excluding carboxylic acids is 2. The molecule has 0 unspecified atom stereocenters. The summed E-state index contributed by atoms with van der Waals surface area (Å²) in [5, 5.41) is 2.61. The van der Waals surface area contributed by atoms with Crippen molar-refractivity contribution in [3.05, 3.63) is 83.4 Å². The van der Waals surface area contributed by atoms with Crippen molar-refractivity contribution in [1.82, 2.24) is 4.31 Å². The lowest BCUT2D eigenvalue weighted by Gasteiger charge is -2.28. The molecule has 0 fully saturated rings. The summed E-state index contributed by atoms with van der Waals surface area (Å²) in [6.07, 6.45) is 0.621. The minimum absolute atomic E-state index is 0.00357. The van der Waals surface area contributed by atoms with E-state index in [4.69, 9.17) is 14.2 Å². The molecule has 0 spiro atoms. The maximum absolute atomic E-state index is 13.2. The summed E-state index contributed by atoms with van der Waals surface area (Å²) in [5.41, 5.74) is 2.60. The van der Waals surface area contributed by atoms with E-state index in [1.807, 2.05) is 24.3 Å². The van der Waals surface area contributed by atoms with Gasteiger partial charge in [-0.15, -0.1) is 0 Å². The van der Waals surface area contributed by atoms with Crippen molar-refractivity contribution in [2.75, 3.05) is 25.3 Å². The van der Waals surface area contributed by atoms with Crippen LogP contribution < -0.4 is 14.8 Å². The van der Waals surface area contributed by atoms with Crippen LogP contribution in [0.15, 0.2) is 71.6 Å². The first-order valence-electron chi connectivity index (χ1n) is 10.9. The molecule has 9 nitrogen and oxygen atoms in total. The Bertz CT molecular complexity index is 1400. The topological polar surface area (TPSA) is 111 Å². The zero-order valence-electron chi connectivity index (χ0n) is 18.6. The zero-order chi connectivity index (χ0) is 24.4. The van der Waals surface area contributed by atoms with Gasteiger partial charge in [0.15, 0.2) is 18.1 Å². The number of hydrogen-bond acceptors (Lipinski definition) is 7. The summed E-state index contributed by atoms with van der Waals surface area (Å²) in [4.78, 5) is 24.7. The third-order valence-corrected chi connectivity index (χ3v) is 7.63. The molecule has 2 aliphatic rings. The van der Waals surface area contributed by atoms with Crippen LogP contribution in [0.1, 0.15) is 21.5 Å². The van der Waals surface area contributed by atoms with Crippen LogP contribution in [0, 0.1) is 0 Å². The standard InChI is InChI=1S/C25H22N2O7S/c28-24(26-20-8-9-22-23(13-20)34-16-33-22)15-32-25(29)18-6-3-7-21(12-18)35(30,31)27-11-10-17-4-1-2-5-19(17)14-27/h1-9,12-13H,10-11,14-16H2,(H,26,28). The molecule has 5 rings (SSSR count). The third-order valence-electron chi connectivity index (χ3n) is 5.79. The predicted molar refractivity (Wildman–Crippen MR) is 126 cm³/mol. The number of nitrogens with zero attached hydrogens (tertiary/aromatic N) is 1. The highest BCUT2D eigenvalue weighted by Gasteiger charge is 2.29. The first kappa shape index (κ1) is 22.9. The molecular weight excluding hydrogens is 472 g/mol. The van der Waals surface area contributed by atoms with Crippen LogP contribution in [0.25, 0.3) is 0 Å². The van der Waals surface area contributed by atoms with E-state index >= 15 is 0 Å². The molecule has 1 N–H and O–H groups in total. The molecule has 1 amide bonds. The number of esters is 1. The molecule has 0 aliphatic carbocycles. The number of nitrogens with one attached hydrogen (secondary N) is 1. The fourth-order valence-electron chi connectivity index (χ4n) is 3.99. The number of carbonyl (C=O) groups is 2. The molecule has 3 aromatic carbocycles. The summed E-state index contributed by atoms with van der Waals surface area (Å²) in [6, 6.07) is 18.3. The van der Waals surface area contributed by atoms with Gasteiger partial charge in [-0.25, -0.2) is 13.2 Å². The minimum atomic E-state index is -3.81. The number of fused-ring (bicyclic) bond motifs is 2. The summed E-state index contributed by atoms with van der Waals surface area (Å²) >= 11 is 0. The number of anilines is 1. The number of benzene rings is 3. The van der Waals surface area contributed by atoms with Crippen molar-refractivity contribution in [3.63, 3.8) is 0 Å². The first-order valence-corrected chi connectivity index (χ1v) is 12.4. The fourth-order valence-corrected chi connectivity index (χ4v) is 5.46. The SMILES string of the molecule is O=C(COC(=O)c1cccc(S(=O)(=O)N2CCc3ccccc3C2)c1)Nc1ccc2c(c1)OCO2. The number of rotatable bonds is 6. The second-order valence-corrected chi connectivity index (χ2v) is 10.0. The highest BCUT2D eigenvalue weighted by Crippen LogP contribution is 2.34. The monoisotopic (exact) mass is 494 g/mol. The van der Waals surface area contributed by atoms with Gasteiger partial charge in [-0.05, 0) is 47.9 Å². The fraction of sp³-hybridized carbons (Fsp3) is 0.200. The highest BCUT2D eigenvalue weighted by molar-refractivity contribution is 7.89. The Hall–Kier alpha value is -3.89. The van der Waals surface area contributed by atoms with Gasteiger partial charge in [-0.3, -0.25) is 4.79 Å². The lowest BCUT2D eigenvalue weighted by molar-refractivity contribution is -0.119. The smallest absolute Gasteiger partial charge is 0.338 e. The van der Waals surface area contributed by atoms with Crippen LogP contribution in [0.4, 0.5) is 5.69 Å². The summed E-state index contributed by atoms with van der Waals surface area (Å²) < 4.78 is 43.4. The number of sulfonamides is 1. The van der Waals surface area contributed by atoms with E-state index in [9.17, 15) is 18.0 Å². The average Bonchev–Trinajstić information content (AvgIpc) is 3.35. The second kappa shape index (κ2) is 9.40. The van der Waals surface area contributed by atoms with Crippen LogP contribution in [0.2, 0.25) is 0 Å². The van der Waals surface area contributed by atoms with E-state index in [0.29, 0.717) is 30.2 Å². The summed E-state index contributed by atoms with van der Waals surface area (Å²) in [7, 11) is -3.81. The van der Waals surface area contributed by atoms with Crippen molar-refractivity contribution in [1.29, 1.82) is 0 Å². The van der Waals surface area contributed by atoms with Gasteiger partial charge >= 0.3 is 5.97 Å². The van der Waals surface area contributed by atoms with E-state index in [-0.39, 0.29) is 23.8 Å². The van der Waals surface area contributed by atoms with E-state index in [2.05, 4.69) is 5.32 Å². The number of amides is 1. The molecule has 0 bridgehead atoms. The molecule has 3 aromatic rings. The molecule has 0 saturated carbocycles. The molecule has 0 radical (unpaired) electrons. The molecule has 0 atom stereocenters. The number of ether oxygens (including phenoxy) is 3. The van der Waals surface area contributed by atoms with Gasteiger partial charge in [0.25, 0.3) is 5.91 Å². The normalized spacial score (nSPS) is 14.7. The predicted octanol–water partition coefficient (Wildman–Crippen LogP) is 2.96. The first-order chi connectivity index (χ1) is 16.9. The molecule has 10 heteroatoms. The molecule has 180 valence electrons. The molecule has 0 saturated heterocycles. The zero-order valence-corrected chi connectivity index (χ0v) is 19.4. The van der Waals surface area contributed by atoms with E-state index in [0.717, 1.165) is 11.1 Å². The van der Waals surface area contributed by atoms with Gasteiger partial charge < -0.3 is 19.5 Å². The van der Waals surface area contributed by atoms with E-state index < -0.39 is 28.5 Å². The molecule has 2 aliphatic heterocycles. The Morgan fingerprint density at radius 3 is 2.60 bits per heavy atom. The van der Waals surface area contributed by atoms with Crippen molar-refractivity contribution < 1.29 is 32.2 Å². The molecule has 0 aromatic heterocycles. The lowest BCUT2D eigenvalue weighted by Crippen LogP contribution is -2.36. The van der Waals surface area contributed by atoms with Crippen LogP contribution >= 0.6 is 0 Å². The summed E-state index contributed by atoms with van der Waals surface area (Å²) in [5.74, 6) is -0.257. The largest absolute Gasteiger partial charge is 0.454 e. The van der Waals surface area contributed by atoms with E-state index in [1.54, 1.807) is 18.2 Å². The Morgan fingerprint density at radius 2 is 1.74 bits per heavy atom. The van der Waals surface area contributed by atoms with Crippen LogP contribution in [-0.2, 0) is 32.5 Å². The van der Waals surface area contributed by atoms with E-state index in [1.165, 1.54) is 28.6 Å². The van der Waals surface area contributed by atoms with Gasteiger partial charge in [-0.2, -0.15) is 4.31 Å². The van der Waals surface area contributed by atoms with Crippen molar-refractivity contribution in [3.8, 4) is 11.5 Å². The Morgan fingerprint density at radius 1 is 0.943 bits per heavy atom. The van der Waals surface area contributed by atoms with Gasteiger partial charge in [-0.1, -0.05) is 30.3 Å². The van der Waals surface area contributed by atoms with Gasteiger partial charge in [0.05, 0.1) is 10.5 Å². The molecular formula is C25H22N2O7S. The summed E-state index contributed by atoms with van der Waals surface area (Å²) in [6.45, 7) is 0.207.